The molecule has 3 atom stereocenters. The molecule has 3 aromatic carbocycles. The number of rotatable bonds is 13. The van der Waals surface area contributed by atoms with Crippen LogP contribution in [0, 0.1) is 11.3 Å². The molecule has 1 saturated carbocycles. The molecule has 3 amide bonds. The van der Waals surface area contributed by atoms with E-state index in [9.17, 15) is 19.5 Å². The minimum absolute atomic E-state index is 0.0217. The lowest BCUT2D eigenvalue weighted by atomic mass is 9.83. The van der Waals surface area contributed by atoms with Crippen LogP contribution in [0.25, 0.3) is 11.1 Å². The van der Waals surface area contributed by atoms with E-state index < -0.39 is 6.09 Å². The third kappa shape index (κ3) is 8.78. The van der Waals surface area contributed by atoms with Crippen molar-refractivity contribution in [3.05, 3.63) is 84.4 Å². The van der Waals surface area contributed by atoms with Crippen LogP contribution in [0.15, 0.2) is 78.9 Å². The highest BCUT2D eigenvalue weighted by molar-refractivity contribution is 5.93. The maximum absolute atomic E-state index is 12.9. The van der Waals surface area contributed by atoms with E-state index in [-0.39, 0.29) is 29.9 Å². The fraction of sp³-hybridized carbons (Fsp3) is 0.447. The third-order valence-corrected chi connectivity index (χ3v) is 9.89. The molecule has 2 N–H and O–H groups in total. The average molecular weight is 641 g/mol. The Morgan fingerprint density at radius 1 is 0.936 bits per heavy atom. The summed E-state index contributed by atoms with van der Waals surface area (Å²) in [7, 11) is 3.60. The highest BCUT2D eigenvalue weighted by Crippen LogP contribution is 2.49. The Morgan fingerprint density at radius 2 is 1.66 bits per heavy atom. The summed E-state index contributed by atoms with van der Waals surface area (Å²) in [6.45, 7) is 5.40. The van der Waals surface area contributed by atoms with Gasteiger partial charge in [-0.1, -0.05) is 67.6 Å². The van der Waals surface area contributed by atoms with Crippen LogP contribution < -0.4 is 10.2 Å². The molecule has 9 nitrogen and oxygen atoms in total. The van der Waals surface area contributed by atoms with Crippen LogP contribution >= 0.6 is 0 Å². The first kappa shape index (κ1) is 34.1. The highest BCUT2D eigenvalue weighted by Gasteiger charge is 2.50. The van der Waals surface area contributed by atoms with E-state index >= 15 is 0 Å². The van der Waals surface area contributed by atoms with E-state index in [2.05, 4.69) is 17.1 Å². The van der Waals surface area contributed by atoms with Crippen LogP contribution in [0.2, 0.25) is 0 Å². The van der Waals surface area contributed by atoms with E-state index in [1.807, 2.05) is 85.9 Å². The molecule has 250 valence electrons. The Kier molecular flexibility index (Phi) is 11.3. The van der Waals surface area contributed by atoms with Gasteiger partial charge in [0.25, 0.3) is 0 Å². The second kappa shape index (κ2) is 15.6. The first-order valence-electron chi connectivity index (χ1n) is 16.7. The molecule has 0 aromatic heterocycles. The summed E-state index contributed by atoms with van der Waals surface area (Å²) in [5.41, 5.74) is 4.39. The molecule has 1 aliphatic carbocycles. The molecule has 2 aliphatic rings. The maximum atomic E-state index is 12.9. The molecule has 1 heterocycles. The van der Waals surface area contributed by atoms with Gasteiger partial charge in [-0.3, -0.25) is 14.9 Å². The number of hydrogen-bond acceptors (Lipinski definition) is 6. The first-order valence-corrected chi connectivity index (χ1v) is 16.7. The van der Waals surface area contributed by atoms with Crippen LogP contribution in [0.3, 0.4) is 0 Å². The first-order chi connectivity index (χ1) is 22.6. The summed E-state index contributed by atoms with van der Waals surface area (Å²) in [6.07, 6.45) is 3.47. The van der Waals surface area contributed by atoms with Crippen LogP contribution in [-0.4, -0.2) is 79.2 Å². The Hall–Kier alpha value is -4.21. The van der Waals surface area contributed by atoms with E-state index in [0.29, 0.717) is 31.7 Å². The Morgan fingerprint density at radius 3 is 2.38 bits per heavy atom. The standard InChI is InChI=1S/C38H48N4O5/c1-38-24-32(47-37(46)39-34-14-8-7-13-33(34)29-11-5-4-6-12-29)23-30(38)25-42(27-38)22-20-35(44)40(2)21-10-9-15-36(45)41(3)31-18-16-28(26-43)17-19-31/h4-8,11-14,16-19,30,32,43H,9-10,15,20-27H2,1-3H3,(H,39,46)/t30?,32?,38-/m0/s1. The van der Waals surface area contributed by atoms with Crippen molar-refractivity contribution >= 4 is 29.3 Å². The Labute approximate surface area is 278 Å². The number of nitrogens with zero attached hydrogens (tertiary/aromatic N) is 3. The Bertz CT molecular complexity index is 1510. The van der Waals surface area contributed by atoms with Gasteiger partial charge in [-0.2, -0.15) is 0 Å². The number of fused-ring (bicyclic) bond motifs is 1. The minimum Gasteiger partial charge on any atom is -0.446 e. The average Bonchev–Trinajstić information content (AvgIpc) is 3.55. The van der Waals surface area contributed by atoms with Gasteiger partial charge < -0.3 is 24.5 Å². The molecule has 1 aliphatic heterocycles. The Balaban J connectivity index is 0.989. The van der Waals surface area contributed by atoms with Crippen LogP contribution in [0.1, 0.15) is 51.0 Å². The zero-order chi connectivity index (χ0) is 33.4. The maximum Gasteiger partial charge on any atom is 0.411 e. The topological polar surface area (TPSA) is 102 Å². The fourth-order valence-electron chi connectivity index (χ4n) is 7.09. The fourth-order valence-corrected chi connectivity index (χ4v) is 7.09. The van der Waals surface area contributed by atoms with Gasteiger partial charge in [0.2, 0.25) is 11.8 Å². The van der Waals surface area contributed by atoms with Crippen molar-refractivity contribution in [3.8, 4) is 11.1 Å². The van der Waals surface area contributed by atoms with E-state index in [1.54, 1.807) is 16.8 Å². The number of nitrogens with one attached hydrogen (secondary N) is 1. The summed E-state index contributed by atoms with van der Waals surface area (Å²) in [5, 5.41) is 12.2. The lowest BCUT2D eigenvalue weighted by Gasteiger charge is -2.25. The molecular weight excluding hydrogens is 592 g/mol. The van der Waals surface area contributed by atoms with Crippen molar-refractivity contribution in [3.63, 3.8) is 0 Å². The second-order valence-electron chi connectivity index (χ2n) is 13.4. The molecule has 47 heavy (non-hydrogen) atoms. The van der Waals surface area contributed by atoms with Crippen LogP contribution in [0.5, 0.6) is 0 Å². The van der Waals surface area contributed by atoms with Crippen molar-refractivity contribution in [2.75, 3.05) is 50.5 Å². The molecule has 9 heteroatoms. The summed E-state index contributed by atoms with van der Waals surface area (Å²) >= 11 is 0. The smallest absolute Gasteiger partial charge is 0.411 e. The molecule has 0 bridgehead atoms. The summed E-state index contributed by atoms with van der Waals surface area (Å²) in [5.74, 6) is 0.576. The van der Waals surface area contributed by atoms with E-state index in [1.165, 1.54) is 0 Å². The second-order valence-corrected chi connectivity index (χ2v) is 13.4. The normalized spacial score (nSPS) is 20.4. The number of anilines is 2. The quantitative estimate of drug-likeness (QED) is 0.217. The number of likely N-dealkylation sites (tertiary alicyclic amines) is 1. The van der Waals surface area contributed by atoms with E-state index in [0.717, 1.165) is 67.0 Å². The van der Waals surface area contributed by atoms with Gasteiger partial charge in [0.15, 0.2) is 0 Å². The van der Waals surface area contributed by atoms with Crippen molar-refractivity contribution in [1.82, 2.24) is 9.80 Å². The van der Waals surface area contributed by atoms with Gasteiger partial charge in [-0.05, 0) is 66.3 Å². The number of amides is 3. The molecule has 0 spiro atoms. The lowest BCUT2D eigenvalue weighted by Crippen LogP contribution is -2.33. The number of benzene rings is 3. The molecule has 1 saturated heterocycles. The van der Waals surface area contributed by atoms with Gasteiger partial charge in [-0.15, -0.1) is 0 Å². The molecular formula is C38H48N4O5. The number of carbonyl (C=O) groups excluding carboxylic acids is 3. The summed E-state index contributed by atoms with van der Waals surface area (Å²) in [4.78, 5) is 44.2. The molecule has 2 unspecified atom stereocenters. The molecule has 0 radical (unpaired) electrons. The van der Waals surface area contributed by atoms with Crippen LogP contribution in [0.4, 0.5) is 16.2 Å². The molecule has 2 fully saturated rings. The lowest BCUT2D eigenvalue weighted by molar-refractivity contribution is -0.130. The number of ether oxygens (including phenoxy) is 1. The number of aliphatic hydroxyl groups excluding tert-OH is 1. The minimum atomic E-state index is -0.419. The number of para-hydroxylation sites is 1. The summed E-state index contributed by atoms with van der Waals surface area (Å²) < 4.78 is 5.92. The van der Waals surface area contributed by atoms with Gasteiger partial charge in [-0.25, -0.2) is 4.79 Å². The SMILES string of the molecule is CN(CCCCC(=O)N(C)c1ccc(CO)cc1)C(=O)CCN1CC2CC(OC(=O)Nc3ccccc3-c3ccccc3)C[C@@]2(C)C1. The number of aliphatic hydroxyl groups is 1. The van der Waals surface area contributed by atoms with Gasteiger partial charge >= 0.3 is 6.09 Å². The number of unbranched alkanes of at least 4 members (excludes halogenated alkanes) is 1. The number of carbonyl (C=O) groups is 3. The predicted octanol–water partition coefficient (Wildman–Crippen LogP) is 6.18. The van der Waals surface area contributed by atoms with Gasteiger partial charge in [0, 0.05) is 64.4 Å². The molecule has 3 aromatic rings. The molecule has 5 rings (SSSR count). The van der Waals surface area contributed by atoms with Crippen molar-refractivity contribution < 1.29 is 24.2 Å². The zero-order valence-corrected chi connectivity index (χ0v) is 27.9. The van der Waals surface area contributed by atoms with Crippen LogP contribution in [-0.2, 0) is 20.9 Å². The number of hydrogen-bond donors (Lipinski definition) is 2. The van der Waals surface area contributed by atoms with Crippen molar-refractivity contribution in [2.24, 2.45) is 11.3 Å². The summed E-state index contributed by atoms with van der Waals surface area (Å²) in [6, 6.07) is 25.0. The van der Waals surface area contributed by atoms with Crippen molar-refractivity contribution in [1.29, 1.82) is 0 Å². The predicted molar refractivity (Wildman–Crippen MR) is 185 cm³/mol. The van der Waals surface area contributed by atoms with Crippen molar-refractivity contribution in [2.45, 2.75) is 58.2 Å². The third-order valence-electron chi connectivity index (χ3n) is 9.89. The van der Waals surface area contributed by atoms with E-state index in [4.69, 9.17) is 4.74 Å². The zero-order valence-electron chi connectivity index (χ0n) is 27.9. The largest absolute Gasteiger partial charge is 0.446 e. The monoisotopic (exact) mass is 640 g/mol. The highest BCUT2D eigenvalue weighted by atomic mass is 16.6. The van der Waals surface area contributed by atoms with Gasteiger partial charge in [0.1, 0.15) is 6.10 Å². The van der Waals surface area contributed by atoms with Gasteiger partial charge in [0.05, 0.1) is 12.3 Å².